The molecule has 1 atom stereocenters. The molecule has 1 saturated carbocycles. The van der Waals surface area contributed by atoms with Crippen molar-refractivity contribution in [2.24, 2.45) is 5.41 Å². The van der Waals surface area contributed by atoms with Crippen molar-refractivity contribution < 1.29 is 5.11 Å². The Kier molecular flexibility index (Phi) is 3.41. The molecule has 1 unspecified atom stereocenters. The smallest absolute Gasteiger partial charge is 0.0830 e. The lowest BCUT2D eigenvalue weighted by atomic mass is 9.84. The monoisotopic (exact) mass is 196 g/mol. The van der Waals surface area contributed by atoms with Gasteiger partial charge in [-0.05, 0) is 51.4 Å². The van der Waals surface area contributed by atoms with E-state index in [1.807, 2.05) is 0 Å². The van der Waals surface area contributed by atoms with Crippen molar-refractivity contribution in [3.63, 3.8) is 0 Å². The summed E-state index contributed by atoms with van der Waals surface area (Å²) in [5, 5.41) is 10.4. The van der Waals surface area contributed by atoms with E-state index in [1.165, 1.54) is 12.0 Å². The van der Waals surface area contributed by atoms with Crippen molar-refractivity contribution in [2.45, 2.75) is 65.4 Å². The highest BCUT2D eigenvalue weighted by Crippen LogP contribution is 2.38. The maximum Gasteiger partial charge on any atom is 0.0830 e. The number of rotatable bonds is 1. The minimum absolute atomic E-state index is 0.417. The third-order valence-electron chi connectivity index (χ3n) is 3.26. The SMILES string of the molecule is CC(C)=CC1(O)CCCC(C)(C)CC1. The summed E-state index contributed by atoms with van der Waals surface area (Å²) >= 11 is 0. The Morgan fingerprint density at radius 1 is 1.07 bits per heavy atom. The highest BCUT2D eigenvalue weighted by molar-refractivity contribution is 5.08. The fraction of sp³-hybridized carbons (Fsp3) is 0.846. The highest BCUT2D eigenvalue weighted by atomic mass is 16.3. The van der Waals surface area contributed by atoms with E-state index < -0.39 is 5.60 Å². The quantitative estimate of drug-likeness (QED) is 0.501. The van der Waals surface area contributed by atoms with E-state index >= 15 is 0 Å². The Bertz CT molecular complexity index is 223. The van der Waals surface area contributed by atoms with Crippen LogP contribution in [0.4, 0.5) is 0 Å². The molecular weight excluding hydrogens is 172 g/mol. The molecule has 82 valence electrons. The minimum atomic E-state index is -0.521. The Balaban J connectivity index is 2.70. The van der Waals surface area contributed by atoms with E-state index in [2.05, 4.69) is 33.8 Å². The summed E-state index contributed by atoms with van der Waals surface area (Å²) in [6.45, 7) is 8.74. The second kappa shape index (κ2) is 4.06. The Morgan fingerprint density at radius 3 is 2.29 bits per heavy atom. The summed E-state index contributed by atoms with van der Waals surface area (Å²) in [5.41, 5.74) is 1.12. The third kappa shape index (κ3) is 3.45. The van der Waals surface area contributed by atoms with Gasteiger partial charge >= 0.3 is 0 Å². The summed E-state index contributed by atoms with van der Waals surface area (Å²) in [4.78, 5) is 0. The number of allylic oxidation sites excluding steroid dienone is 1. The molecule has 1 heteroatoms. The first-order valence-corrected chi connectivity index (χ1v) is 5.72. The van der Waals surface area contributed by atoms with Gasteiger partial charge < -0.3 is 5.11 Å². The van der Waals surface area contributed by atoms with E-state index in [0.29, 0.717) is 5.41 Å². The zero-order chi connectivity index (χ0) is 10.8. The lowest BCUT2D eigenvalue weighted by Crippen LogP contribution is -2.25. The maximum atomic E-state index is 10.4. The fourth-order valence-electron chi connectivity index (χ4n) is 2.36. The van der Waals surface area contributed by atoms with E-state index in [-0.39, 0.29) is 0 Å². The van der Waals surface area contributed by atoms with Crippen molar-refractivity contribution in [1.82, 2.24) is 0 Å². The molecule has 0 aromatic heterocycles. The second-order valence-corrected chi connectivity index (χ2v) is 5.84. The Hall–Kier alpha value is -0.300. The normalized spacial score (nSPS) is 32.1. The van der Waals surface area contributed by atoms with Crippen LogP contribution in [-0.2, 0) is 0 Å². The molecule has 0 aromatic carbocycles. The van der Waals surface area contributed by atoms with Crippen LogP contribution in [0, 0.1) is 5.41 Å². The van der Waals surface area contributed by atoms with Gasteiger partial charge in [0.25, 0.3) is 0 Å². The molecule has 1 fully saturated rings. The first-order valence-electron chi connectivity index (χ1n) is 5.72. The van der Waals surface area contributed by atoms with Crippen LogP contribution in [0.3, 0.4) is 0 Å². The van der Waals surface area contributed by atoms with E-state index in [1.54, 1.807) is 0 Å². The first kappa shape index (κ1) is 11.8. The van der Waals surface area contributed by atoms with E-state index in [0.717, 1.165) is 25.7 Å². The fourth-order valence-corrected chi connectivity index (χ4v) is 2.36. The maximum absolute atomic E-state index is 10.4. The summed E-state index contributed by atoms with van der Waals surface area (Å²) in [6, 6.07) is 0. The van der Waals surface area contributed by atoms with Crippen LogP contribution in [0.5, 0.6) is 0 Å². The molecule has 0 radical (unpaired) electrons. The number of aliphatic hydroxyl groups is 1. The van der Waals surface area contributed by atoms with Gasteiger partial charge in [-0.1, -0.05) is 25.5 Å². The molecular formula is C13H24O. The molecule has 0 heterocycles. The Labute approximate surface area is 88.2 Å². The standard InChI is InChI=1S/C13H24O/c1-11(2)10-13(14)7-5-6-12(3,4)8-9-13/h10,14H,5-9H2,1-4H3. The zero-order valence-corrected chi connectivity index (χ0v) is 10.1. The van der Waals surface area contributed by atoms with Gasteiger partial charge in [0, 0.05) is 0 Å². The van der Waals surface area contributed by atoms with Gasteiger partial charge in [0.2, 0.25) is 0 Å². The summed E-state index contributed by atoms with van der Waals surface area (Å²) < 4.78 is 0. The lowest BCUT2D eigenvalue weighted by Gasteiger charge is -2.25. The van der Waals surface area contributed by atoms with Gasteiger partial charge in [-0.2, -0.15) is 0 Å². The van der Waals surface area contributed by atoms with Gasteiger partial charge in [-0.3, -0.25) is 0 Å². The van der Waals surface area contributed by atoms with Gasteiger partial charge in [0.1, 0.15) is 0 Å². The van der Waals surface area contributed by atoms with Crippen LogP contribution in [0.1, 0.15) is 59.8 Å². The minimum Gasteiger partial charge on any atom is -0.386 e. The highest BCUT2D eigenvalue weighted by Gasteiger charge is 2.31. The van der Waals surface area contributed by atoms with Crippen LogP contribution in [0.25, 0.3) is 0 Å². The number of hydrogen-bond acceptors (Lipinski definition) is 1. The van der Waals surface area contributed by atoms with Crippen LogP contribution >= 0.6 is 0 Å². The van der Waals surface area contributed by atoms with Crippen LogP contribution in [0.15, 0.2) is 11.6 Å². The predicted molar refractivity (Wildman–Crippen MR) is 61.2 cm³/mol. The second-order valence-electron chi connectivity index (χ2n) is 5.84. The molecule has 1 aliphatic rings. The Morgan fingerprint density at radius 2 is 1.71 bits per heavy atom. The first-order chi connectivity index (χ1) is 6.33. The van der Waals surface area contributed by atoms with E-state index in [4.69, 9.17) is 0 Å². The molecule has 1 nitrogen and oxygen atoms in total. The van der Waals surface area contributed by atoms with Crippen molar-refractivity contribution in [3.05, 3.63) is 11.6 Å². The van der Waals surface area contributed by atoms with E-state index in [9.17, 15) is 5.11 Å². The van der Waals surface area contributed by atoms with Crippen molar-refractivity contribution >= 4 is 0 Å². The molecule has 0 bridgehead atoms. The van der Waals surface area contributed by atoms with Crippen molar-refractivity contribution in [3.8, 4) is 0 Å². The van der Waals surface area contributed by atoms with Gasteiger partial charge in [0.15, 0.2) is 0 Å². The largest absolute Gasteiger partial charge is 0.386 e. The van der Waals surface area contributed by atoms with Crippen molar-refractivity contribution in [1.29, 1.82) is 0 Å². The third-order valence-corrected chi connectivity index (χ3v) is 3.26. The van der Waals surface area contributed by atoms with Crippen LogP contribution < -0.4 is 0 Å². The van der Waals surface area contributed by atoms with Crippen molar-refractivity contribution in [2.75, 3.05) is 0 Å². The topological polar surface area (TPSA) is 20.2 Å². The number of hydrogen-bond donors (Lipinski definition) is 1. The molecule has 1 rings (SSSR count). The lowest BCUT2D eigenvalue weighted by molar-refractivity contribution is 0.0706. The van der Waals surface area contributed by atoms with Gasteiger partial charge in [0.05, 0.1) is 5.60 Å². The van der Waals surface area contributed by atoms with Gasteiger partial charge in [-0.25, -0.2) is 0 Å². The molecule has 0 aliphatic heterocycles. The zero-order valence-electron chi connectivity index (χ0n) is 10.1. The summed E-state index contributed by atoms with van der Waals surface area (Å²) in [7, 11) is 0. The molecule has 1 N–H and O–H groups in total. The molecule has 14 heavy (non-hydrogen) atoms. The molecule has 0 spiro atoms. The van der Waals surface area contributed by atoms with Crippen LogP contribution in [-0.4, -0.2) is 10.7 Å². The average Bonchev–Trinajstić information content (AvgIpc) is 2.10. The molecule has 0 amide bonds. The molecule has 0 aromatic rings. The molecule has 0 saturated heterocycles. The summed E-state index contributed by atoms with van der Waals surface area (Å²) in [5.74, 6) is 0. The average molecular weight is 196 g/mol. The van der Waals surface area contributed by atoms with Crippen LogP contribution in [0.2, 0.25) is 0 Å². The molecule has 1 aliphatic carbocycles. The predicted octanol–water partition coefficient (Wildman–Crippen LogP) is 3.67. The van der Waals surface area contributed by atoms with Gasteiger partial charge in [-0.15, -0.1) is 0 Å². The summed E-state index contributed by atoms with van der Waals surface area (Å²) in [6.07, 6.45) is 7.42.